The van der Waals surface area contributed by atoms with Crippen LogP contribution in [0.3, 0.4) is 0 Å². The second-order valence-corrected chi connectivity index (χ2v) is 5.83. The molecule has 0 atom stereocenters. The van der Waals surface area contributed by atoms with Gasteiger partial charge in [0.2, 0.25) is 0 Å². The van der Waals surface area contributed by atoms with Crippen LogP contribution in [0.5, 0.6) is 5.75 Å². The molecular weight excluding hydrogens is 274 g/mol. The number of methoxy groups -OCH3 is 1. The molecule has 1 fully saturated rings. The van der Waals surface area contributed by atoms with Crippen molar-refractivity contribution in [2.75, 3.05) is 45.7 Å². The highest BCUT2D eigenvalue weighted by Crippen LogP contribution is 2.28. The number of fused-ring (bicyclic) bond motifs is 1. The first-order chi connectivity index (χ1) is 9.86. The molecule has 0 aliphatic carbocycles. The highest BCUT2D eigenvalue weighted by molar-refractivity contribution is 7.99. The van der Waals surface area contributed by atoms with Gasteiger partial charge in [-0.05, 0) is 12.1 Å². The van der Waals surface area contributed by atoms with Crippen LogP contribution in [0, 0.1) is 0 Å². The minimum absolute atomic E-state index is 0.853. The van der Waals surface area contributed by atoms with E-state index in [1.165, 1.54) is 0 Å². The fraction of sp³-hybridized carbons (Fsp3) is 0.500. The molecule has 6 heteroatoms. The molecule has 0 saturated carbocycles. The van der Waals surface area contributed by atoms with E-state index < -0.39 is 0 Å². The molecule has 0 unspecified atom stereocenters. The summed E-state index contributed by atoms with van der Waals surface area (Å²) in [6.45, 7) is 4.88. The first-order valence-electron chi connectivity index (χ1n) is 6.82. The fourth-order valence-corrected chi connectivity index (χ4v) is 3.29. The highest BCUT2D eigenvalue weighted by Gasteiger charge is 2.11. The summed E-state index contributed by atoms with van der Waals surface area (Å²) in [5, 5.41) is 9.69. The summed E-state index contributed by atoms with van der Waals surface area (Å²) < 4.78 is 10.6. The van der Waals surface area contributed by atoms with Gasteiger partial charge in [-0.15, -0.1) is 11.8 Å². The number of aromatic amines is 1. The average Bonchev–Trinajstić information content (AvgIpc) is 2.91. The van der Waals surface area contributed by atoms with Crippen molar-refractivity contribution in [3.63, 3.8) is 0 Å². The Morgan fingerprint density at radius 2 is 2.25 bits per heavy atom. The third-order valence-corrected chi connectivity index (χ3v) is 4.46. The number of aromatic nitrogens is 2. The third-order valence-electron chi connectivity index (χ3n) is 3.49. The zero-order valence-corrected chi connectivity index (χ0v) is 12.4. The number of nitrogens with zero attached hydrogens (tertiary/aromatic N) is 2. The van der Waals surface area contributed by atoms with Gasteiger partial charge in [-0.2, -0.15) is 5.10 Å². The molecule has 0 amide bonds. The molecule has 1 aliphatic rings. The smallest absolute Gasteiger partial charge is 0.126 e. The quantitative estimate of drug-likeness (QED) is 0.855. The summed E-state index contributed by atoms with van der Waals surface area (Å²) in [5.74, 6) is 1.90. The maximum absolute atomic E-state index is 5.35. The summed E-state index contributed by atoms with van der Waals surface area (Å²) in [7, 11) is 1.68. The van der Waals surface area contributed by atoms with Crippen molar-refractivity contribution in [2.24, 2.45) is 0 Å². The van der Waals surface area contributed by atoms with Gasteiger partial charge in [-0.1, -0.05) is 0 Å². The summed E-state index contributed by atoms with van der Waals surface area (Å²) >= 11 is 1.80. The average molecular weight is 293 g/mol. The zero-order chi connectivity index (χ0) is 13.8. The predicted octanol–water partition coefficient (Wildman–Crippen LogP) is 2.00. The second kappa shape index (κ2) is 6.47. The van der Waals surface area contributed by atoms with Gasteiger partial charge in [0.15, 0.2) is 0 Å². The van der Waals surface area contributed by atoms with E-state index in [0.29, 0.717) is 0 Å². The normalized spacial score (nSPS) is 16.6. The van der Waals surface area contributed by atoms with Crippen molar-refractivity contribution in [1.29, 1.82) is 0 Å². The molecule has 108 valence electrons. The molecule has 2 aromatic rings. The van der Waals surface area contributed by atoms with E-state index in [1.807, 2.05) is 12.1 Å². The number of hydrogen-bond donors (Lipinski definition) is 1. The molecule has 1 aromatic heterocycles. The van der Waals surface area contributed by atoms with Crippen LogP contribution in [0.1, 0.15) is 0 Å². The molecule has 1 aliphatic heterocycles. The molecule has 0 radical (unpaired) electrons. The minimum atomic E-state index is 0.853. The first kappa shape index (κ1) is 13.7. The maximum atomic E-state index is 5.35. The van der Waals surface area contributed by atoms with Crippen LogP contribution in [0.25, 0.3) is 10.9 Å². The lowest BCUT2D eigenvalue weighted by Gasteiger charge is -2.26. The number of ether oxygens (including phenoxy) is 2. The molecule has 3 rings (SSSR count). The SMILES string of the molecule is COc1ccc2c(SCCN3CCOCC3)n[nH]c2c1. The Morgan fingerprint density at radius 3 is 3.05 bits per heavy atom. The standard InChI is InChI=1S/C14H19N3O2S/c1-18-11-2-3-12-13(10-11)15-16-14(12)20-9-6-17-4-7-19-8-5-17/h2-3,10H,4-9H2,1H3,(H,15,16). The van der Waals surface area contributed by atoms with E-state index >= 15 is 0 Å². The summed E-state index contributed by atoms with van der Waals surface area (Å²) in [6, 6.07) is 6.02. The second-order valence-electron chi connectivity index (χ2n) is 4.74. The fourth-order valence-electron chi connectivity index (χ4n) is 2.31. The minimum Gasteiger partial charge on any atom is -0.497 e. The van der Waals surface area contributed by atoms with Crippen LogP contribution in [0.2, 0.25) is 0 Å². The molecule has 5 nitrogen and oxygen atoms in total. The Labute approximate surface area is 122 Å². The number of thioether (sulfide) groups is 1. The Bertz CT molecular complexity index is 567. The van der Waals surface area contributed by atoms with Crippen molar-refractivity contribution in [3.8, 4) is 5.75 Å². The number of morpholine rings is 1. The largest absolute Gasteiger partial charge is 0.497 e. The van der Waals surface area contributed by atoms with E-state index in [2.05, 4.69) is 21.2 Å². The topological polar surface area (TPSA) is 50.4 Å². The Balaban J connectivity index is 1.59. The Morgan fingerprint density at radius 1 is 1.40 bits per heavy atom. The Hall–Kier alpha value is -1.24. The van der Waals surface area contributed by atoms with E-state index in [9.17, 15) is 0 Å². The lowest BCUT2D eigenvalue weighted by Crippen LogP contribution is -2.37. The first-order valence-corrected chi connectivity index (χ1v) is 7.80. The molecule has 1 aromatic carbocycles. The summed E-state index contributed by atoms with van der Waals surface area (Å²) in [6.07, 6.45) is 0. The van der Waals surface area contributed by atoms with Gasteiger partial charge in [0, 0.05) is 36.8 Å². The molecule has 0 bridgehead atoms. The number of rotatable bonds is 5. The molecular formula is C14H19N3O2S. The monoisotopic (exact) mass is 293 g/mol. The summed E-state index contributed by atoms with van der Waals surface area (Å²) in [4.78, 5) is 2.44. The number of H-pyrrole nitrogens is 1. The molecule has 1 N–H and O–H groups in total. The van der Waals surface area contributed by atoms with Gasteiger partial charge >= 0.3 is 0 Å². The van der Waals surface area contributed by atoms with Crippen LogP contribution in [-0.4, -0.2) is 60.8 Å². The van der Waals surface area contributed by atoms with E-state index in [4.69, 9.17) is 9.47 Å². The predicted molar refractivity (Wildman–Crippen MR) is 80.6 cm³/mol. The zero-order valence-electron chi connectivity index (χ0n) is 11.6. The van der Waals surface area contributed by atoms with Crippen molar-refractivity contribution in [1.82, 2.24) is 15.1 Å². The molecule has 1 saturated heterocycles. The van der Waals surface area contributed by atoms with Crippen molar-refractivity contribution in [3.05, 3.63) is 18.2 Å². The molecule has 20 heavy (non-hydrogen) atoms. The van der Waals surface area contributed by atoms with Gasteiger partial charge in [0.05, 0.1) is 25.8 Å². The van der Waals surface area contributed by atoms with Crippen LogP contribution in [-0.2, 0) is 4.74 Å². The van der Waals surface area contributed by atoms with E-state index in [-0.39, 0.29) is 0 Å². The molecule has 0 spiro atoms. The maximum Gasteiger partial charge on any atom is 0.126 e. The van der Waals surface area contributed by atoms with Gasteiger partial charge in [-0.25, -0.2) is 0 Å². The van der Waals surface area contributed by atoms with E-state index in [0.717, 1.165) is 60.3 Å². The highest BCUT2D eigenvalue weighted by atomic mass is 32.2. The van der Waals surface area contributed by atoms with Crippen LogP contribution < -0.4 is 4.74 Å². The van der Waals surface area contributed by atoms with Gasteiger partial charge in [0.1, 0.15) is 10.8 Å². The Kier molecular flexibility index (Phi) is 4.44. The van der Waals surface area contributed by atoms with Crippen molar-refractivity contribution < 1.29 is 9.47 Å². The van der Waals surface area contributed by atoms with Gasteiger partial charge in [0.25, 0.3) is 0 Å². The van der Waals surface area contributed by atoms with Gasteiger partial charge in [-0.3, -0.25) is 10.00 Å². The lowest BCUT2D eigenvalue weighted by molar-refractivity contribution is 0.0410. The number of benzene rings is 1. The van der Waals surface area contributed by atoms with Crippen molar-refractivity contribution in [2.45, 2.75) is 5.03 Å². The lowest BCUT2D eigenvalue weighted by atomic mass is 10.2. The number of nitrogens with one attached hydrogen (secondary N) is 1. The molecule has 2 heterocycles. The van der Waals surface area contributed by atoms with E-state index in [1.54, 1.807) is 18.9 Å². The van der Waals surface area contributed by atoms with Gasteiger partial charge < -0.3 is 9.47 Å². The van der Waals surface area contributed by atoms with Crippen LogP contribution in [0.4, 0.5) is 0 Å². The van der Waals surface area contributed by atoms with Crippen LogP contribution >= 0.6 is 11.8 Å². The summed E-state index contributed by atoms with van der Waals surface area (Å²) in [5.41, 5.74) is 1.03. The van der Waals surface area contributed by atoms with Crippen molar-refractivity contribution >= 4 is 22.7 Å². The third kappa shape index (κ3) is 3.08. The van der Waals surface area contributed by atoms with Crippen LogP contribution in [0.15, 0.2) is 23.2 Å². The number of hydrogen-bond acceptors (Lipinski definition) is 5.